The van der Waals surface area contributed by atoms with Crippen LogP contribution in [-0.4, -0.2) is 21.5 Å². The Morgan fingerprint density at radius 3 is 2.48 bits per heavy atom. The smallest absolute Gasteiger partial charge is 0.408 e. The molecule has 0 unspecified atom stereocenters. The number of nitrogens with zero attached hydrogens (tertiary/aromatic N) is 2. The molecular formula is C15H26N4O2. The molecule has 1 saturated carbocycles. The quantitative estimate of drug-likeness (QED) is 0.878. The Bertz CT molecular complexity index is 491. The van der Waals surface area contributed by atoms with Gasteiger partial charge in [-0.3, -0.25) is 4.68 Å². The van der Waals surface area contributed by atoms with Crippen LogP contribution in [0.1, 0.15) is 58.6 Å². The van der Waals surface area contributed by atoms with E-state index in [4.69, 9.17) is 10.5 Å². The number of nitrogens with one attached hydrogen (secondary N) is 1. The van der Waals surface area contributed by atoms with Crippen molar-refractivity contribution in [2.45, 2.75) is 64.0 Å². The van der Waals surface area contributed by atoms with Crippen molar-refractivity contribution < 1.29 is 9.53 Å². The molecule has 1 fully saturated rings. The first-order valence-corrected chi connectivity index (χ1v) is 7.53. The second kappa shape index (κ2) is 5.58. The summed E-state index contributed by atoms with van der Waals surface area (Å²) in [6, 6.07) is 0. The Morgan fingerprint density at radius 1 is 1.38 bits per heavy atom. The first-order chi connectivity index (χ1) is 9.73. The molecule has 1 aliphatic carbocycles. The molecule has 0 aliphatic heterocycles. The molecule has 1 amide bonds. The van der Waals surface area contributed by atoms with Gasteiger partial charge in [0.15, 0.2) is 0 Å². The molecule has 3 N–H and O–H groups in total. The zero-order valence-electron chi connectivity index (χ0n) is 13.4. The van der Waals surface area contributed by atoms with E-state index >= 15 is 0 Å². The van der Waals surface area contributed by atoms with Crippen LogP contribution in [0.3, 0.4) is 0 Å². The van der Waals surface area contributed by atoms with Crippen LogP contribution in [0.25, 0.3) is 0 Å². The molecule has 1 aromatic heterocycles. The van der Waals surface area contributed by atoms with E-state index in [-0.39, 0.29) is 0 Å². The van der Waals surface area contributed by atoms with Crippen molar-refractivity contribution in [2.24, 2.45) is 7.05 Å². The van der Waals surface area contributed by atoms with Gasteiger partial charge < -0.3 is 15.8 Å². The zero-order valence-corrected chi connectivity index (χ0v) is 13.4. The van der Waals surface area contributed by atoms with Gasteiger partial charge in [-0.05, 0) is 33.6 Å². The Balaban J connectivity index is 2.28. The van der Waals surface area contributed by atoms with Gasteiger partial charge in [0, 0.05) is 7.05 Å². The van der Waals surface area contributed by atoms with E-state index in [1.54, 1.807) is 10.9 Å². The van der Waals surface area contributed by atoms with Gasteiger partial charge >= 0.3 is 6.09 Å². The maximum atomic E-state index is 12.2. The number of alkyl carbamates (subject to hydrolysis) is 1. The van der Waals surface area contributed by atoms with Crippen LogP contribution >= 0.6 is 0 Å². The summed E-state index contributed by atoms with van der Waals surface area (Å²) < 4.78 is 7.18. The average molecular weight is 294 g/mol. The van der Waals surface area contributed by atoms with Crippen molar-refractivity contribution in [3.8, 4) is 0 Å². The van der Waals surface area contributed by atoms with Gasteiger partial charge in [-0.1, -0.05) is 19.3 Å². The standard InChI is InChI=1S/C15H26N4O2/c1-14(2,3)21-13(20)18-15(8-6-5-7-9-15)12-11(16)10-17-19(12)4/h10H,5-9,16H2,1-4H3,(H,18,20). The first-order valence-electron chi connectivity index (χ1n) is 7.53. The predicted octanol–water partition coefficient (Wildman–Crippen LogP) is 2.69. The lowest BCUT2D eigenvalue weighted by Gasteiger charge is -2.38. The number of aromatic nitrogens is 2. The molecule has 6 nitrogen and oxygen atoms in total. The molecule has 21 heavy (non-hydrogen) atoms. The zero-order chi connectivity index (χ0) is 15.7. The monoisotopic (exact) mass is 294 g/mol. The van der Waals surface area contributed by atoms with E-state index in [1.165, 1.54) is 6.42 Å². The fourth-order valence-electron chi connectivity index (χ4n) is 3.12. The third-order valence-corrected chi connectivity index (χ3v) is 3.87. The van der Waals surface area contributed by atoms with Gasteiger partial charge in [-0.25, -0.2) is 4.79 Å². The van der Waals surface area contributed by atoms with Crippen molar-refractivity contribution in [1.29, 1.82) is 0 Å². The fourth-order valence-corrected chi connectivity index (χ4v) is 3.12. The maximum Gasteiger partial charge on any atom is 0.408 e. The molecular weight excluding hydrogens is 268 g/mol. The van der Waals surface area contributed by atoms with E-state index in [0.29, 0.717) is 5.69 Å². The van der Waals surface area contributed by atoms with Crippen molar-refractivity contribution >= 4 is 11.8 Å². The van der Waals surface area contributed by atoms with Gasteiger partial charge in [-0.15, -0.1) is 0 Å². The molecule has 0 spiro atoms. The van der Waals surface area contributed by atoms with Crippen LogP contribution in [0.15, 0.2) is 6.20 Å². The Kier molecular flexibility index (Phi) is 4.16. The molecule has 6 heteroatoms. The number of nitrogens with two attached hydrogens (primary N) is 1. The fraction of sp³-hybridized carbons (Fsp3) is 0.733. The largest absolute Gasteiger partial charge is 0.444 e. The Labute approximate surface area is 126 Å². The highest BCUT2D eigenvalue weighted by molar-refractivity contribution is 5.70. The second-order valence-electron chi connectivity index (χ2n) is 6.84. The van der Waals surface area contributed by atoms with Crippen LogP contribution < -0.4 is 11.1 Å². The second-order valence-corrected chi connectivity index (χ2v) is 6.84. The molecule has 2 rings (SSSR count). The number of nitrogen functional groups attached to an aromatic ring is 1. The number of anilines is 1. The number of aryl methyl sites for hydroxylation is 1. The average Bonchev–Trinajstić information content (AvgIpc) is 2.68. The number of hydrogen-bond acceptors (Lipinski definition) is 4. The number of hydrogen-bond donors (Lipinski definition) is 2. The topological polar surface area (TPSA) is 82.2 Å². The van der Waals surface area contributed by atoms with Gasteiger partial charge in [0.1, 0.15) is 5.60 Å². The van der Waals surface area contributed by atoms with Crippen molar-refractivity contribution in [2.75, 3.05) is 5.73 Å². The lowest BCUT2D eigenvalue weighted by atomic mass is 9.78. The lowest BCUT2D eigenvalue weighted by molar-refractivity contribution is 0.0414. The molecule has 1 aliphatic rings. The minimum atomic E-state index is -0.516. The van der Waals surface area contributed by atoms with Gasteiger partial charge in [-0.2, -0.15) is 5.10 Å². The highest BCUT2D eigenvalue weighted by Crippen LogP contribution is 2.39. The summed E-state index contributed by atoms with van der Waals surface area (Å²) >= 11 is 0. The minimum absolute atomic E-state index is 0.398. The number of carbonyl (C=O) groups is 1. The molecule has 1 heterocycles. The Hall–Kier alpha value is -1.72. The van der Waals surface area contributed by atoms with Crippen LogP contribution in [0.5, 0.6) is 0 Å². The predicted molar refractivity (Wildman–Crippen MR) is 81.8 cm³/mol. The molecule has 0 saturated heterocycles. The number of ether oxygens (including phenoxy) is 1. The summed E-state index contributed by atoms with van der Waals surface area (Å²) in [5, 5.41) is 7.29. The number of rotatable bonds is 2. The summed E-state index contributed by atoms with van der Waals surface area (Å²) in [6.45, 7) is 5.58. The molecule has 1 aromatic rings. The van der Waals surface area contributed by atoms with Gasteiger partial charge in [0.2, 0.25) is 0 Å². The van der Waals surface area contributed by atoms with Gasteiger partial charge in [0.05, 0.1) is 23.1 Å². The van der Waals surface area contributed by atoms with Crippen molar-refractivity contribution in [1.82, 2.24) is 15.1 Å². The third-order valence-electron chi connectivity index (χ3n) is 3.87. The summed E-state index contributed by atoms with van der Waals surface area (Å²) in [7, 11) is 1.86. The van der Waals surface area contributed by atoms with E-state index in [2.05, 4.69) is 10.4 Å². The highest BCUT2D eigenvalue weighted by atomic mass is 16.6. The highest BCUT2D eigenvalue weighted by Gasteiger charge is 2.40. The maximum absolute atomic E-state index is 12.2. The number of carbonyl (C=O) groups excluding carboxylic acids is 1. The lowest BCUT2D eigenvalue weighted by Crippen LogP contribution is -2.50. The van der Waals surface area contributed by atoms with Crippen molar-refractivity contribution in [3.63, 3.8) is 0 Å². The van der Waals surface area contributed by atoms with Crippen molar-refractivity contribution in [3.05, 3.63) is 11.9 Å². The molecule has 0 radical (unpaired) electrons. The van der Waals surface area contributed by atoms with Crippen LogP contribution in [0.4, 0.5) is 10.5 Å². The van der Waals surface area contributed by atoms with Crippen LogP contribution in [0.2, 0.25) is 0 Å². The van der Waals surface area contributed by atoms with E-state index in [0.717, 1.165) is 31.4 Å². The number of amides is 1. The summed E-state index contributed by atoms with van der Waals surface area (Å²) in [5.74, 6) is 0. The first kappa shape index (κ1) is 15.7. The normalized spacial score (nSPS) is 18.3. The molecule has 0 bridgehead atoms. The molecule has 0 aromatic carbocycles. The van der Waals surface area contributed by atoms with Crippen LogP contribution in [-0.2, 0) is 17.3 Å². The summed E-state index contributed by atoms with van der Waals surface area (Å²) in [6.07, 6.45) is 6.25. The van der Waals surface area contributed by atoms with E-state index < -0.39 is 17.2 Å². The van der Waals surface area contributed by atoms with E-state index in [9.17, 15) is 4.79 Å². The summed E-state index contributed by atoms with van der Waals surface area (Å²) in [5.41, 5.74) is 6.60. The molecule has 0 atom stereocenters. The molecule has 118 valence electrons. The van der Waals surface area contributed by atoms with Crippen LogP contribution in [0, 0.1) is 0 Å². The van der Waals surface area contributed by atoms with Gasteiger partial charge in [0.25, 0.3) is 0 Å². The van der Waals surface area contributed by atoms with E-state index in [1.807, 2.05) is 27.8 Å². The Morgan fingerprint density at radius 2 is 2.00 bits per heavy atom. The SMILES string of the molecule is Cn1ncc(N)c1C1(NC(=O)OC(C)(C)C)CCCCC1. The minimum Gasteiger partial charge on any atom is -0.444 e. The summed E-state index contributed by atoms with van der Waals surface area (Å²) in [4.78, 5) is 12.2. The third kappa shape index (κ3) is 3.49.